The standard InChI is InChI=1S/C27H29NO/c1-20(22-18-17-21-11-9-10-12-23(21)19-22)28-26(29)27(2,24-13-5-3-6-14-24)25-15-7-4-8-16-25/h3-8,13-20H,9-12H2,1-2H3,(H,28,29)/t20-/m0/s1. The molecule has 0 spiro atoms. The van der Waals surface area contributed by atoms with Crippen LogP contribution in [0.3, 0.4) is 0 Å². The summed E-state index contributed by atoms with van der Waals surface area (Å²) in [5.74, 6) is 0.0279. The third-order valence-corrected chi connectivity index (χ3v) is 6.38. The molecule has 4 rings (SSSR count). The Morgan fingerprint density at radius 3 is 1.97 bits per heavy atom. The van der Waals surface area contributed by atoms with Crippen molar-refractivity contribution in [3.63, 3.8) is 0 Å². The number of benzene rings is 3. The first-order valence-corrected chi connectivity index (χ1v) is 10.6. The minimum atomic E-state index is -0.745. The molecule has 0 radical (unpaired) electrons. The third-order valence-electron chi connectivity index (χ3n) is 6.38. The van der Waals surface area contributed by atoms with Crippen molar-refractivity contribution in [2.75, 3.05) is 0 Å². The highest BCUT2D eigenvalue weighted by Crippen LogP contribution is 2.33. The molecule has 0 bridgehead atoms. The van der Waals surface area contributed by atoms with Gasteiger partial charge in [0, 0.05) is 0 Å². The van der Waals surface area contributed by atoms with Gasteiger partial charge in [-0.3, -0.25) is 4.79 Å². The Labute approximate surface area is 174 Å². The number of rotatable bonds is 5. The van der Waals surface area contributed by atoms with Crippen molar-refractivity contribution in [1.29, 1.82) is 0 Å². The van der Waals surface area contributed by atoms with Crippen molar-refractivity contribution >= 4 is 5.91 Å². The van der Waals surface area contributed by atoms with E-state index in [1.165, 1.54) is 36.0 Å². The summed E-state index contributed by atoms with van der Waals surface area (Å²) >= 11 is 0. The van der Waals surface area contributed by atoms with E-state index in [1.807, 2.05) is 67.6 Å². The molecular formula is C27H29NO. The van der Waals surface area contributed by atoms with Gasteiger partial charge in [-0.1, -0.05) is 78.9 Å². The van der Waals surface area contributed by atoms with Gasteiger partial charge in [-0.15, -0.1) is 0 Å². The van der Waals surface area contributed by atoms with Gasteiger partial charge in [-0.05, 0) is 67.3 Å². The van der Waals surface area contributed by atoms with Crippen LogP contribution in [0.5, 0.6) is 0 Å². The molecule has 3 aromatic carbocycles. The van der Waals surface area contributed by atoms with Crippen LogP contribution in [0.4, 0.5) is 0 Å². The molecule has 1 N–H and O–H groups in total. The topological polar surface area (TPSA) is 29.1 Å². The van der Waals surface area contributed by atoms with Crippen molar-refractivity contribution in [3.05, 3.63) is 107 Å². The highest BCUT2D eigenvalue weighted by Gasteiger charge is 2.37. The van der Waals surface area contributed by atoms with Gasteiger partial charge in [0.2, 0.25) is 5.91 Å². The Hall–Kier alpha value is -2.87. The molecule has 2 heteroatoms. The second kappa shape index (κ2) is 8.24. The van der Waals surface area contributed by atoms with E-state index in [0.29, 0.717) is 0 Å². The molecule has 0 saturated heterocycles. The number of hydrogen-bond donors (Lipinski definition) is 1. The summed E-state index contributed by atoms with van der Waals surface area (Å²) < 4.78 is 0. The predicted octanol–water partition coefficient (Wildman–Crippen LogP) is 5.75. The lowest BCUT2D eigenvalue weighted by atomic mass is 9.75. The minimum Gasteiger partial charge on any atom is -0.349 e. The molecule has 0 unspecified atom stereocenters. The third kappa shape index (κ3) is 3.85. The fourth-order valence-corrected chi connectivity index (χ4v) is 4.42. The Morgan fingerprint density at radius 2 is 1.38 bits per heavy atom. The quantitative estimate of drug-likeness (QED) is 0.597. The molecule has 3 aromatic rings. The maximum absolute atomic E-state index is 13.6. The van der Waals surface area contributed by atoms with E-state index >= 15 is 0 Å². The van der Waals surface area contributed by atoms with E-state index in [9.17, 15) is 4.79 Å². The Kier molecular flexibility index (Phi) is 5.53. The average molecular weight is 384 g/mol. The summed E-state index contributed by atoms with van der Waals surface area (Å²) in [6, 6.07) is 26.8. The zero-order valence-corrected chi connectivity index (χ0v) is 17.3. The molecule has 1 amide bonds. The Balaban J connectivity index is 1.63. The molecule has 0 heterocycles. The highest BCUT2D eigenvalue weighted by molar-refractivity contribution is 5.91. The number of carbonyl (C=O) groups is 1. The number of carbonyl (C=O) groups excluding carboxylic acids is 1. The molecule has 0 fully saturated rings. The van der Waals surface area contributed by atoms with E-state index < -0.39 is 5.41 Å². The number of hydrogen-bond acceptors (Lipinski definition) is 1. The van der Waals surface area contributed by atoms with E-state index in [4.69, 9.17) is 0 Å². The molecule has 0 aliphatic heterocycles. The molecule has 29 heavy (non-hydrogen) atoms. The zero-order chi connectivity index (χ0) is 20.3. The lowest BCUT2D eigenvalue weighted by molar-refractivity contribution is -0.125. The lowest BCUT2D eigenvalue weighted by Gasteiger charge is -2.31. The highest BCUT2D eigenvalue weighted by atomic mass is 16.2. The number of nitrogens with one attached hydrogen (secondary N) is 1. The molecular weight excluding hydrogens is 354 g/mol. The maximum Gasteiger partial charge on any atom is 0.235 e. The van der Waals surface area contributed by atoms with Gasteiger partial charge in [0.25, 0.3) is 0 Å². The van der Waals surface area contributed by atoms with Gasteiger partial charge in [0.1, 0.15) is 0 Å². The van der Waals surface area contributed by atoms with Crippen molar-refractivity contribution in [2.24, 2.45) is 0 Å². The largest absolute Gasteiger partial charge is 0.349 e. The van der Waals surface area contributed by atoms with Crippen LogP contribution < -0.4 is 5.32 Å². The molecule has 1 atom stereocenters. The van der Waals surface area contributed by atoms with Crippen molar-refractivity contribution in [1.82, 2.24) is 5.32 Å². The van der Waals surface area contributed by atoms with Gasteiger partial charge >= 0.3 is 0 Å². The average Bonchev–Trinajstić information content (AvgIpc) is 2.79. The minimum absolute atomic E-state index is 0.0279. The van der Waals surface area contributed by atoms with Crippen LogP contribution in [0.1, 0.15) is 60.5 Å². The Morgan fingerprint density at radius 1 is 0.828 bits per heavy atom. The summed E-state index contributed by atoms with van der Waals surface area (Å²) in [4.78, 5) is 13.6. The fraction of sp³-hybridized carbons (Fsp3) is 0.296. The first-order chi connectivity index (χ1) is 14.1. The predicted molar refractivity (Wildman–Crippen MR) is 119 cm³/mol. The van der Waals surface area contributed by atoms with Crippen molar-refractivity contribution < 1.29 is 4.79 Å². The maximum atomic E-state index is 13.6. The van der Waals surface area contributed by atoms with Gasteiger partial charge in [0.05, 0.1) is 11.5 Å². The van der Waals surface area contributed by atoms with Gasteiger partial charge in [0.15, 0.2) is 0 Å². The number of fused-ring (bicyclic) bond motifs is 1. The van der Waals surface area contributed by atoms with Crippen molar-refractivity contribution in [2.45, 2.75) is 51.0 Å². The number of amides is 1. The molecule has 1 aliphatic carbocycles. The molecule has 0 saturated carbocycles. The smallest absolute Gasteiger partial charge is 0.235 e. The summed E-state index contributed by atoms with van der Waals surface area (Å²) in [6.07, 6.45) is 4.87. The molecule has 0 aromatic heterocycles. The summed E-state index contributed by atoms with van der Waals surface area (Å²) in [5.41, 5.74) is 5.36. The van der Waals surface area contributed by atoms with Crippen LogP contribution in [0, 0.1) is 0 Å². The van der Waals surface area contributed by atoms with Gasteiger partial charge in [-0.2, -0.15) is 0 Å². The van der Waals surface area contributed by atoms with E-state index in [0.717, 1.165) is 17.5 Å². The first-order valence-electron chi connectivity index (χ1n) is 10.6. The monoisotopic (exact) mass is 383 g/mol. The molecule has 2 nitrogen and oxygen atoms in total. The lowest BCUT2D eigenvalue weighted by Crippen LogP contribution is -2.44. The molecule has 1 aliphatic rings. The van der Waals surface area contributed by atoms with Crippen LogP contribution in [0.15, 0.2) is 78.9 Å². The molecule has 148 valence electrons. The Bertz CT molecular complexity index is 938. The SMILES string of the molecule is C[C@H](NC(=O)C(C)(c1ccccc1)c1ccccc1)c1ccc2c(c1)CCCC2. The summed E-state index contributed by atoms with van der Waals surface area (Å²) in [7, 11) is 0. The summed E-state index contributed by atoms with van der Waals surface area (Å²) in [6.45, 7) is 4.10. The number of aryl methyl sites for hydroxylation is 2. The fourth-order valence-electron chi connectivity index (χ4n) is 4.42. The van der Waals surface area contributed by atoms with E-state index in [1.54, 1.807) is 0 Å². The second-order valence-corrected chi connectivity index (χ2v) is 8.29. The first kappa shape index (κ1) is 19.4. The normalized spacial score (nSPS) is 14.7. The zero-order valence-electron chi connectivity index (χ0n) is 17.3. The van der Waals surface area contributed by atoms with Gasteiger partial charge < -0.3 is 5.32 Å². The van der Waals surface area contributed by atoms with Crippen LogP contribution in [-0.2, 0) is 23.1 Å². The van der Waals surface area contributed by atoms with Crippen LogP contribution in [0.25, 0.3) is 0 Å². The second-order valence-electron chi connectivity index (χ2n) is 8.29. The van der Waals surface area contributed by atoms with Crippen molar-refractivity contribution in [3.8, 4) is 0 Å². The van der Waals surface area contributed by atoms with Gasteiger partial charge in [-0.25, -0.2) is 0 Å². The summed E-state index contributed by atoms with van der Waals surface area (Å²) in [5, 5.41) is 3.30. The van der Waals surface area contributed by atoms with Crippen LogP contribution in [0.2, 0.25) is 0 Å². The van der Waals surface area contributed by atoms with Crippen LogP contribution >= 0.6 is 0 Å². The van der Waals surface area contributed by atoms with Crippen LogP contribution in [-0.4, -0.2) is 5.91 Å². The van der Waals surface area contributed by atoms with E-state index in [2.05, 4.69) is 30.4 Å². The van der Waals surface area contributed by atoms with E-state index in [-0.39, 0.29) is 11.9 Å².